The molecule has 120 valence electrons. The molecule has 8 nitrogen and oxygen atoms in total. The van der Waals surface area contributed by atoms with E-state index in [1.165, 1.54) is 0 Å². The molecule has 0 saturated carbocycles. The Hall–Kier alpha value is -2.61. The molecule has 8 heteroatoms. The number of fused-ring (bicyclic) bond motifs is 1. The fourth-order valence-corrected chi connectivity index (χ4v) is 2.85. The van der Waals surface area contributed by atoms with Crippen molar-refractivity contribution in [1.82, 2.24) is 24.8 Å². The molecule has 0 unspecified atom stereocenters. The van der Waals surface area contributed by atoms with Crippen LogP contribution in [0.2, 0.25) is 0 Å². The number of nitrogens with one attached hydrogen (secondary N) is 2. The highest BCUT2D eigenvalue weighted by atomic mass is 15.4. The number of aromatic amines is 1. The maximum absolute atomic E-state index is 5.99. The smallest absolute Gasteiger partial charge is 0.245 e. The lowest BCUT2D eigenvalue weighted by atomic mass is 10.1. The highest BCUT2D eigenvalue weighted by Gasteiger charge is 2.20. The minimum atomic E-state index is 0.284. The Bertz CT molecular complexity index is 812. The number of aryl methyl sites for hydroxylation is 1. The molecular formula is C15H20N8. The predicted octanol–water partition coefficient (Wildman–Crippen LogP) is 1.43. The van der Waals surface area contributed by atoms with Crippen molar-refractivity contribution in [2.75, 3.05) is 23.3 Å². The van der Waals surface area contributed by atoms with E-state index in [-0.39, 0.29) is 6.04 Å². The van der Waals surface area contributed by atoms with Crippen LogP contribution in [0.3, 0.4) is 0 Å². The van der Waals surface area contributed by atoms with Gasteiger partial charge in [-0.05, 0) is 31.9 Å². The molecule has 0 amide bonds. The molecule has 1 saturated heterocycles. The van der Waals surface area contributed by atoms with Crippen molar-refractivity contribution < 1.29 is 0 Å². The van der Waals surface area contributed by atoms with Crippen LogP contribution in [-0.2, 0) is 0 Å². The van der Waals surface area contributed by atoms with Crippen molar-refractivity contribution >= 4 is 23.1 Å². The Morgan fingerprint density at radius 1 is 1.35 bits per heavy atom. The van der Waals surface area contributed by atoms with E-state index in [2.05, 4.69) is 25.5 Å². The van der Waals surface area contributed by atoms with Crippen molar-refractivity contribution in [2.45, 2.75) is 25.8 Å². The van der Waals surface area contributed by atoms with Gasteiger partial charge < -0.3 is 16.0 Å². The Balaban J connectivity index is 1.69. The number of nitrogens with zero attached hydrogens (tertiary/aromatic N) is 5. The lowest BCUT2D eigenvalue weighted by Gasteiger charge is -2.30. The van der Waals surface area contributed by atoms with Gasteiger partial charge in [0, 0.05) is 37.1 Å². The maximum Gasteiger partial charge on any atom is 0.245 e. The van der Waals surface area contributed by atoms with Crippen molar-refractivity contribution in [2.24, 2.45) is 5.73 Å². The minimum absolute atomic E-state index is 0.284. The van der Waals surface area contributed by atoms with Crippen LogP contribution in [0, 0.1) is 6.92 Å². The first-order chi connectivity index (χ1) is 11.2. The van der Waals surface area contributed by atoms with Crippen molar-refractivity contribution in [3.05, 3.63) is 30.1 Å². The lowest BCUT2D eigenvalue weighted by molar-refractivity contribution is 0.493. The summed E-state index contributed by atoms with van der Waals surface area (Å²) in [5.74, 6) is 2.22. The SMILES string of the molecule is Cc1cc(Nc2nc(N3CCC(N)CC3)nn3cccc23)n[nH]1. The van der Waals surface area contributed by atoms with Gasteiger partial charge in [0.1, 0.15) is 5.52 Å². The van der Waals surface area contributed by atoms with Crippen LogP contribution >= 0.6 is 0 Å². The minimum Gasteiger partial charge on any atom is -0.339 e. The zero-order valence-electron chi connectivity index (χ0n) is 13.0. The normalized spacial score (nSPS) is 16.2. The highest BCUT2D eigenvalue weighted by Crippen LogP contribution is 2.23. The van der Waals surface area contributed by atoms with Gasteiger partial charge in [0.2, 0.25) is 5.95 Å². The predicted molar refractivity (Wildman–Crippen MR) is 89.0 cm³/mol. The number of nitrogens with two attached hydrogens (primary N) is 1. The number of hydrogen-bond donors (Lipinski definition) is 3. The van der Waals surface area contributed by atoms with E-state index in [1.807, 2.05) is 35.8 Å². The Labute approximate surface area is 133 Å². The van der Waals surface area contributed by atoms with E-state index in [0.29, 0.717) is 0 Å². The number of piperidine rings is 1. The third-order valence-electron chi connectivity index (χ3n) is 4.15. The molecule has 3 aromatic rings. The van der Waals surface area contributed by atoms with Gasteiger partial charge in [-0.15, -0.1) is 5.10 Å². The van der Waals surface area contributed by atoms with Gasteiger partial charge in [-0.3, -0.25) is 5.10 Å². The molecule has 4 N–H and O–H groups in total. The molecule has 4 heterocycles. The molecule has 1 aliphatic heterocycles. The van der Waals surface area contributed by atoms with Gasteiger partial charge in [0.25, 0.3) is 0 Å². The average Bonchev–Trinajstić information content (AvgIpc) is 3.17. The summed E-state index contributed by atoms with van der Waals surface area (Å²) in [6.07, 6.45) is 3.86. The lowest BCUT2D eigenvalue weighted by Crippen LogP contribution is -2.40. The molecule has 0 spiro atoms. The first kappa shape index (κ1) is 14.0. The van der Waals surface area contributed by atoms with Gasteiger partial charge in [-0.1, -0.05) is 0 Å². The Morgan fingerprint density at radius 3 is 2.91 bits per heavy atom. The van der Waals surface area contributed by atoms with Gasteiger partial charge in [0.05, 0.1) is 0 Å². The Morgan fingerprint density at radius 2 is 2.17 bits per heavy atom. The van der Waals surface area contributed by atoms with E-state index in [9.17, 15) is 0 Å². The largest absolute Gasteiger partial charge is 0.339 e. The summed E-state index contributed by atoms with van der Waals surface area (Å²) in [6.45, 7) is 3.73. The van der Waals surface area contributed by atoms with Crippen LogP contribution in [0.15, 0.2) is 24.4 Å². The molecule has 0 aliphatic carbocycles. The molecule has 0 atom stereocenters. The zero-order valence-corrected chi connectivity index (χ0v) is 13.0. The first-order valence-corrected chi connectivity index (χ1v) is 7.84. The molecule has 4 rings (SSSR count). The van der Waals surface area contributed by atoms with E-state index >= 15 is 0 Å². The maximum atomic E-state index is 5.99. The summed E-state index contributed by atoms with van der Waals surface area (Å²) in [6, 6.07) is 6.17. The van der Waals surface area contributed by atoms with Gasteiger partial charge in [-0.2, -0.15) is 10.1 Å². The number of rotatable bonds is 3. The van der Waals surface area contributed by atoms with Crippen LogP contribution in [0.5, 0.6) is 0 Å². The molecule has 23 heavy (non-hydrogen) atoms. The number of H-pyrrole nitrogens is 1. The monoisotopic (exact) mass is 312 g/mol. The number of anilines is 3. The van der Waals surface area contributed by atoms with Crippen molar-refractivity contribution in [3.63, 3.8) is 0 Å². The van der Waals surface area contributed by atoms with Crippen LogP contribution in [-0.4, -0.2) is 43.9 Å². The second-order valence-corrected chi connectivity index (χ2v) is 5.98. The molecular weight excluding hydrogens is 292 g/mol. The molecule has 0 radical (unpaired) electrons. The fraction of sp³-hybridized carbons (Fsp3) is 0.400. The van der Waals surface area contributed by atoms with E-state index in [0.717, 1.165) is 54.7 Å². The summed E-state index contributed by atoms with van der Waals surface area (Å²) in [7, 11) is 0. The van der Waals surface area contributed by atoms with Crippen molar-refractivity contribution in [1.29, 1.82) is 0 Å². The summed E-state index contributed by atoms with van der Waals surface area (Å²) in [4.78, 5) is 6.90. The van der Waals surface area contributed by atoms with E-state index in [4.69, 9.17) is 10.7 Å². The molecule has 1 aliphatic rings. The number of aromatic nitrogens is 5. The molecule has 3 aromatic heterocycles. The highest BCUT2D eigenvalue weighted by molar-refractivity contribution is 5.73. The topological polar surface area (TPSA) is 100 Å². The Kier molecular flexibility index (Phi) is 3.38. The van der Waals surface area contributed by atoms with Crippen LogP contribution in [0.1, 0.15) is 18.5 Å². The number of hydrogen-bond acceptors (Lipinski definition) is 6. The summed E-state index contributed by atoms with van der Waals surface area (Å²) in [5.41, 5.74) is 7.90. The quantitative estimate of drug-likeness (QED) is 0.676. The third-order valence-corrected chi connectivity index (χ3v) is 4.15. The van der Waals surface area contributed by atoms with Gasteiger partial charge in [-0.25, -0.2) is 4.52 Å². The van der Waals surface area contributed by atoms with Crippen molar-refractivity contribution in [3.8, 4) is 0 Å². The first-order valence-electron chi connectivity index (χ1n) is 7.84. The van der Waals surface area contributed by atoms with Crippen LogP contribution in [0.25, 0.3) is 5.52 Å². The zero-order chi connectivity index (χ0) is 15.8. The third kappa shape index (κ3) is 2.72. The van der Waals surface area contributed by atoms with Crippen LogP contribution < -0.4 is 16.0 Å². The molecule has 0 bridgehead atoms. The van der Waals surface area contributed by atoms with E-state index < -0.39 is 0 Å². The van der Waals surface area contributed by atoms with Gasteiger partial charge in [0.15, 0.2) is 11.6 Å². The summed E-state index contributed by atoms with van der Waals surface area (Å²) in [5, 5.41) is 15.0. The molecule has 1 fully saturated rings. The van der Waals surface area contributed by atoms with Gasteiger partial charge >= 0.3 is 0 Å². The second kappa shape index (κ2) is 5.54. The van der Waals surface area contributed by atoms with E-state index in [1.54, 1.807) is 0 Å². The standard InChI is InChI=1S/C15H20N8/c1-10-9-13(20-19-10)17-14-12-3-2-6-23(12)21-15(18-14)22-7-4-11(16)5-8-22/h2-3,6,9,11H,4-5,7-8,16H2,1H3,(H2,17,18,19,20,21). The average molecular weight is 312 g/mol. The second-order valence-electron chi connectivity index (χ2n) is 5.98. The summed E-state index contributed by atoms with van der Waals surface area (Å²) < 4.78 is 1.85. The fourth-order valence-electron chi connectivity index (χ4n) is 2.85. The van der Waals surface area contributed by atoms with Crippen LogP contribution in [0.4, 0.5) is 17.6 Å². The molecule has 0 aromatic carbocycles. The summed E-state index contributed by atoms with van der Waals surface area (Å²) >= 11 is 0.